The van der Waals surface area contributed by atoms with Gasteiger partial charge in [-0.15, -0.1) is 11.3 Å². The molecule has 2 aromatic heterocycles. The van der Waals surface area contributed by atoms with Gasteiger partial charge < -0.3 is 15.1 Å². The maximum absolute atomic E-state index is 11.6. The molecule has 1 aliphatic rings. The average molecular weight is 410 g/mol. The van der Waals surface area contributed by atoms with Crippen LogP contribution in [0.3, 0.4) is 0 Å². The number of rotatable bonds is 5. The molecule has 0 radical (unpaired) electrons. The number of amides is 1. The fraction of sp³-hybridized carbons (Fsp3) is 0.409. The first-order chi connectivity index (χ1) is 14.0. The third kappa shape index (κ3) is 4.41. The van der Waals surface area contributed by atoms with Crippen molar-refractivity contribution in [3.05, 3.63) is 41.5 Å². The summed E-state index contributed by atoms with van der Waals surface area (Å²) in [5.74, 6) is 1.85. The Balaban J connectivity index is 1.81. The molecule has 1 saturated heterocycles. The van der Waals surface area contributed by atoms with E-state index in [0.29, 0.717) is 6.54 Å². The van der Waals surface area contributed by atoms with Gasteiger partial charge in [0, 0.05) is 37.0 Å². The monoisotopic (exact) mass is 409 g/mol. The van der Waals surface area contributed by atoms with E-state index < -0.39 is 0 Å². The highest BCUT2D eigenvalue weighted by atomic mass is 32.1. The lowest BCUT2D eigenvalue weighted by molar-refractivity contribution is -0.119. The zero-order valence-corrected chi connectivity index (χ0v) is 18.0. The number of anilines is 1. The number of hydrogen-bond donors (Lipinski definition) is 1. The lowest BCUT2D eigenvalue weighted by atomic mass is 10.0. The third-order valence-corrected chi connectivity index (χ3v) is 6.00. The van der Waals surface area contributed by atoms with Gasteiger partial charge in [0.15, 0.2) is 0 Å². The summed E-state index contributed by atoms with van der Waals surface area (Å²) in [5.41, 5.74) is 2.36. The van der Waals surface area contributed by atoms with Crippen LogP contribution < -0.4 is 10.2 Å². The number of hydrogen-bond acceptors (Lipinski definition) is 6. The molecule has 1 fully saturated rings. The first-order valence-corrected chi connectivity index (χ1v) is 10.9. The SMILES string of the molecule is CC(=O)NC1CCCN(c2nc(CN(C)C)nc3scc(-c4ccccc4)c23)C1. The van der Waals surface area contributed by atoms with E-state index in [1.165, 1.54) is 11.1 Å². The average Bonchev–Trinajstić information content (AvgIpc) is 3.11. The largest absolute Gasteiger partial charge is 0.354 e. The molecule has 7 heteroatoms. The normalized spacial score (nSPS) is 17.1. The van der Waals surface area contributed by atoms with Crippen LogP contribution in [-0.4, -0.2) is 54.0 Å². The van der Waals surface area contributed by atoms with Crippen LogP contribution in [0.1, 0.15) is 25.6 Å². The maximum atomic E-state index is 11.6. The van der Waals surface area contributed by atoms with Crippen LogP contribution in [0, 0.1) is 0 Å². The van der Waals surface area contributed by atoms with Gasteiger partial charge in [-0.05, 0) is 32.5 Å². The van der Waals surface area contributed by atoms with Crippen molar-refractivity contribution in [2.24, 2.45) is 0 Å². The highest BCUT2D eigenvalue weighted by molar-refractivity contribution is 7.17. The van der Waals surface area contributed by atoms with E-state index in [0.717, 1.165) is 47.8 Å². The predicted octanol–water partition coefficient (Wildman–Crippen LogP) is 3.52. The molecule has 29 heavy (non-hydrogen) atoms. The van der Waals surface area contributed by atoms with Crippen molar-refractivity contribution in [3.63, 3.8) is 0 Å². The van der Waals surface area contributed by atoms with Crippen LogP contribution in [0.4, 0.5) is 5.82 Å². The summed E-state index contributed by atoms with van der Waals surface area (Å²) in [7, 11) is 4.06. The standard InChI is InChI=1S/C22H27N5OS/c1-15(28)23-17-10-7-11-27(12-17)21-20-18(16-8-5-4-6-9-16)14-29-22(20)25-19(24-21)13-26(2)3/h4-6,8-9,14,17H,7,10-13H2,1-3H3,(H,23,28). The van der Waals surface area contributed by atoms with Gasteiger partial charge in [0.25, 0.3) is 0 Å². The number of benzene rings is 1. The van der Waals surface area contributed by atoms with E-state index in [-0.39, 0.29) is 11.9 Å². The molecule has 3 heterocycles. The number of aromatic nitrogens is 2. The Morgan fingerprint density at radius 1 is 1.28 bits per heavy atom. The van der Waals surface area contributed by atoms with Gasteiger partial charge in [-0.1, -0.05) is 30.3 Å². The first kappa shape index (κ1) is 19.8. The Bertz CT molecular complexity index is 1000. The van der Waals surface area contributed by atoms with Crippen LogP contribution in [0.25, 0.3) is 21.3 Å². The summed E-state index contributed by atoms with van der Waals surface area (Å²) in [6, 6.07) is 10.6. The van der Waals surface area contributed by atoms with Crippen LogP contribution in [0.15, 0.2) is 35.7 Å². The zero-order chi connectivity index (χ0) is 20.4. The smallest absolute Gasteiger partial charge is 0.217 e. The Kier molecular flexibility index (Phi) is 5.78. The second kappa shape index (κ2) is 8.47. The lowest BCUT2D eigenvalue weighted by Crippen LogP contribution is -2.47. The van der Waals surface area contributed by atoms with Crippen molar-refractivity contribution in [2.75, 3.05) is 32.1 Å². The molecular formula is C22H27N5OS. The summed E-state index contributed by atoms with van der Waals surface area (Å²) < 4.78 is 0. The van der Waals surface area contributed by atoms with Gasteiger partial charge in [-0.25, -0.2) is 9.97 Å². The number of carbonyl (C=O) groups excluding carboxylic acids is 1. The zero-order valence-electron chi connectivity index (χ0n) is 17.2. The molecule has 4 rings (SSSR count). The molecule has 0 spiro atoms. The van der Waals surface area contributed by atoms with E-state index >= 15 is 0 Å². The first-order valence-electron chi connectivity index (χ1n) is 10.0. The van der Waals surface area contributed by atoms with E-state index in [2.05, 4.69) is 44.8 Å². The van der Waals surface area contributed by atoms with Crippen molar-refractivity contribution in [3.8, 4) is 11.1 Å². The number of nitrogens with one attached hydrogen (secondary N) is 1. The Labute approximate surface area is 175 Å². The fourth-order valence-corrected chi connectivity index (χ4v) is 4.91. The molecular weight excluding hydrogens is 382 g/mol. The molecule has 1 amide bonds. The molecule has 152 valence electrons. The van der Waals surface area contributed by atoms with Gasteiger partial charge in [0.05, 0.1) is 11.9 Å². The highest BCUT2D eigenvalue weighted by Gasteiger charge is 2.25. The number of carbonyl (C=O) groups is 1. The number of fused-ring (bicyclic) bond motifs is 1. The Morgan fingerprint density at radius 3 is 2.79 bits per heavy atom. The van der Waals surface area contributed by atoms with Gasteiger partial charge in [0.1, 0.15) is 16.5 Å². The highest BCUT2D eigenvalue weighted by Crippen LogP contribution is 2.39. The number of thiophene rings is 1. The molecule has 1 aromatic carbocycles. The van der Waals surface area contributed by atoms with Crippen LogP contribution in [0.5, 0.6) is 0 Å². The molecule has 6 nitrogen and oxygen atoms in total. The fourth-order valence-electron chi connectivity index (χ4n) is 3.95. The van der Waals surface area contributed by atoms with Crippen molar-refractivity contribution < 1.29 is 4.79 Å². The molecule has 3 aromatic rings. The Hall–Kier alpha value is -2.51. The van der Waals surface area contributed by atoms with E-state index in [1.54, 1.807) is 18.3 Å². The van der Waals surface area contributed by atoms with E-state index in [9.17, 15) is 4.79 Å². The lowest BCUT2D eigenvalue weighted by Gasteiger charge is -2.34. The van der Waals surface area contributed by atoms with Gasteiger partial charge in [-0.3, -0.25) is 4.79 Å². The quantitative estimate of drug-likeness (QED) is 0.699. The molecule has 1 aliphatic heterocycles. The number of piperidine rings is 1. The second-order valence-corrected chi connectivity index (χ2v) is 8.74. The van der Waals surface area contributed by atoms with Crippen molar-refractivity contribution in [1.29, 1.82) is 0 Å². The maximum Gasteiger partial charge on any atom is 0.217 e. The summed E-state index contributed by atoms with van der Waals surface area (Å²) in [6.45, 7) is 4.00. The van der Waals surface area contributed by atoms with Crippen LogP contribution >= 0.6 is 11.3 Å². The molecule has 0 saturated carbocycles. The van der Waals surface area contributed by atoms with Gasteiger partial charge in [-0.2, -0.15) is 0 Å². The molecule has 1 unspecified atom stereocenters. The van der Waals surface area contributed by atoms with Crippen LogP contribution in [-0.2, 0) is 11.3 Å². The summed E-state index contributed by atoms with van der Waals surface area (Å²) in [5, 5.41) is 6.39. The summed E-state index contributed by atoms with van der Waals surface area (Å²) >= 11 is 1.67. The third-order valence-electron chi connectivity index (χ3n) is 5.13. The minimum absolute atomic E-state index is 0.0264. The molecule has 0 bridgehead atoms. The van der Waals surface area contributed by atoms with Gasteiger partial charge >= 0.3 is 0 Å². The van der Waals surface area contributed by atoms with Crippen molar-refractivity contribution >= 4 is 33.3 Å². The molecule has 1 N–H and O–H groups in total. The van der Waals surface area contributed by atoms with Crippen molar-refractivity contribution in [2.45, 2.75) is 32.4 Å². The van der Waals surface area contributed by atoms with Crippen molar-refractivity contribution in [1.82, 2.24) is 20.2 Å². The van der Waals surface area contributed by atoms with E-state index in [1.807, 2.05) is 20.2 Å². The number of nitrogens with zero attached hydrogens (tertiary/aromatic N) is 4. The second-order valence-electron chi connectivity index (χ2n) is 7.88. The molecule has 1 atom stereocenters. The minimum atomic E-state index is 0.0264. The Morgan fingerprint density at radius 2 is 2.07 bits per heavy atom. The summed E-state index contributed by atoms with van der Waals surface area (Å²) in [6.07, 6.45) is 2.04. The predicted molar refractivity (Wildman–Crippen MR) is 119 cm³/mol. The van der Waals surface area contributed by atoms with Gasteiger partial charge in [0.2, 0.25) is 5.91 Å². The molecule has 0 aliphatic carbocycles. The van der Waals surface area contributed by atoms with E-state index in [4.69, 9.17) is 9.97 Å². The van der Waals surface area contributed by atoms with Crippen LogP contribution in [0.2, 0.25) is 0 Å². The summed E-state index contributed by atoms with van der Waals surface area (Å²) in [4.78, 5) is 26.9. The minimum Gasteiger partial charge on any atom is -0.354 e. The topological polar surface area (TPSA) is 61.4 Å².